The Morgan fingerprint density at radius 3 is 2.50 bits per heavy atom. The summed E-state index contributed by atoms with van der Waals surface area (Å²) in [6.07, 6.45) is -4.46. The van der Waals surface area contributed by atoms with Crippen LogP contribution in [0.4, 0.5) is 24.5 Å². The first-order valence-corrected chi connectivity index (χ1v) is 10.4. The fraction of sp³-hybridized carbons (Fsp3) is 0.125. The van der Waals surface area contributed by atoms with Crippen LogP contribution in [0.15, 0.2) is 51.8 Å². The molecule has 12 heteroatoms. The largest absolute Gasteiger partial charge is 0.416 e. The first-order chi connectivity index (χ1) is 13.0. The molecule has 0 spiro atoms. The number of sulfonamides is 1. The highest BCUT2D eigenvalue weighted by Gasteiger charge is 2.30. The maximum atomic E-state index is 12.5. The maximum Gasteiger partial charge on any atom is 0.416 e. The molecule has 2 N–H and O–H groups in total. The lowest BCUT2D eigenvalue weighted by atomic mass is 10.2. The first kappa shape index (κ1) is 20.5. The summed E-state index contributed by atoms with van der Waals surface area (Å²) in [6, 6.07) is 8.22. The number of carbonyl (C=O) groups is 1. The Hall–Kier alpha value is -2.24. The summed E-state index contributed by atoms with van der Waals surface area (Å²) in [4.78, 5) is 11.9. The predicted octanol–water partition coefficient (Wildman–Crippen LogP) is 4.20. The van der Waals surface area contributed by atoms with E-state index in [0.717, 1.165) is 36.0 Å². The van der Waals surface area contributed by atoms with Crippen LogP contribution in [0, 0.1) is 0 Å². The molecule has 0 atom stereocenters. The summed E-state index contributed by atoms with van der Waals surface area (Å²) >= 11 is 6.63. The van der Waals surface area contributed by atoms with E-state index >= 15 is 0 Å². The SMILES string of the molecule is O=C(CSC1=NS(=O)(=O)c2cc(Cl)ccc2N1)Nc1ccc(C(F)(F)F)cc1. The second kappa shape index (κ2) is 7.64. The number of hydrogen-bond acceptors (Lipinski definition) is 5. The summed E-state index contributed by atoms with van der Waals surface area (Å²) in [5, 5.41) is 5.46. The average Bonchev–Trinajstić information content (AvgIpc) is 2.60. The minimum absolute atomic E-state index is 0.00242. The van der Waals surface area contributed by atoms with Crippen LogP contribution in [0.3, 0.4) is 0 Å². The molecular weight excluding hydrogens is 439 g/mol. The lowest BCUT2D eigenvalue weighted by Crippen LogP contribution is -2.22. The van der Waals surface area contributed by atoms with Gasteiger partial charge in [0, 0.05) is 10.7 Å². The van der Waals surface area contributed by atoms with E-state index in [2.05, 4.69) is 15.0 Å². The van der Waals surface area contributed by atoms with Gasteiger partial charge >= 0.3 is 6.18 Å². The number of nitrogens with zero attached hydrogens (tertiary/aromatic N) is 1. The Morgan fingerprint density at radius 2 is 1.86 bits per heavy atom. The van der Waals surface area contributed by atoms with Gasteiger partial charge in [-0.2, -0.15) is 21.6 Å². The van der Waals surface area contributed by atoms with Crippen molar-refractivity contribution >= 4 is 55.8 Å². The van der Waals surface area contributed by atoms with E-state index < -0.39 is 27.7 Å². The van der Waals surface area contributed by atoms with Crippen LogP contribution in [-0.2, 0) is 21.0 Å². The highest BCUT2D eigenvalue weighted by atomic mass is 35.5. The number of benzene rings is 2. The van der Waals surface area contributed by atoms with Crippen molar-refractivity contribution in [1.82, 2.24) is 0 Å². The fourth-order valence-electron chi connectivity index (χ4n) is 2.25. The van der Waals surface area contributed by atoms with Crippen LogP contribution in [-0.4, -0.2) is 25.2 Å². The lowest BCUT2D eigenvalue weighted by Gasteiger charge is -2.17. The van der Waals surface area contributed by atoms with Crippen molar-refractivity contribution in [3.8, 4) is 0 Å². The van der Waals surface area contributed by atoms with Crippen molar-refractivity contribution in [2.45, 2.75) is 11.1 Å². The smallest absolute Gasteiger partial charge is 0.333 e. The second-order valence-corrected chi connectivity index (χ2v) is 8.52. The van der Waals surface area contributed by atoms with Crippen molar-refractivity contribution < 1.29 is 26.4 Å². The van der Waals surface area contributed by atoms with E-state index in [9.17, 15) is 26.4 Å². The molecule has 148 valence electrons. The molecule has 0 unspecified atom stereocenters. The molecule has 0 bridgehead atoms. The number of rotatable bonds is 3. The van der Waals surface area contributed by atoms with Crippen LogP contribution in [0.1, 0.15) is 5.56 Å². The number of anilines is 2. The Kier molecular flexibility index (Phi) is 5.60. The van der Waals surface area contributed by atoms with Gasteiger partial charge in [-0.25, -0.2) is 0 Å². The van der Waals surface area contributed by atoms with Crippen LogP contribution in [0.5, 0.6) is 0 Å². The molecule has 2 aromatic carbocycles. The molecule has 0 fully saturated rings. The number of thioether (sulfide) groups is 1. The van der Waals surface area contributed by atoms with Crippen LogP contribution >= 0.6 is 23.4 Å². The quantitative estimate of drug-likeness (QED) is 0.733. The topological polar surface area (TPSA) is 87.6 Å². The van der Waals surface area contributed by atoms with E-state index in [1.807, 2.05) is 0 Å². The number of carbonyl (C=O) groups excluding carboxylic acids is 1. The third kappa shape index (κ3) is 4.78. The molecule has 0 saturated heterocycles. The van der Waals surface area contributed by atoms with Gasteiger partial charge in [-0.05, 0) is 42.5 Å². The summed E-state index contributed by atoms with van der Waals surface area (Å²) in [5.41, 5.74) is -0.362. The highest BCUT2D eigenvalue weighted by molar-refractivity contribution is 8.15. The third-order valence-electron chi connectivity index (χ3n) is 3.50. The second-order valence-electron chi connectivity index (χ2n) is 5.55. The molecule has 0 radical (unpaired) electrons. The number of halogens is 4. The fourth-order valence-corrected chi connectivity index (χ4v) is 4.54. The van der Waals surface area contributed by atoms with E-state index in [-0.39, 0.29) is 32.2 Å². The Labute approximate surface area is 167 Å². The van der Waals surface area contributed by atoms with Crippen LogP contribution in [0.25, 0.3) is 0 Å². The molecule has 0 aromatic heterocycles. The van der Waals surface area contributed by atoms with E-state index in [1.165, 1.54) is 18.2 Å². The molecule has 1 aliphatic heterocycles. The molecular formula is C16H11ClF3N3O3S2. The number of amides is 1. The summed E-state index contributed by atoms with van der Waals surface area (Å²) in [7, 11) is -3.96. The molecule has 2 aromatic rings. The van der Waals surface area contributed by atoms with Gasteiger partial charge in [-0.1, -0.05) is 23.4 Å². The number of fused-ring (bicyclic) bond motifs is 1. The first-order valence-electron chi connectivity index (χ1n) is 7.56. The maximum absolute atomic E-state index is 12.5. The molecule has 1 aliphatic rings. The van der Waals surface area contributed by atoms with Gasteiger partial charge in [0.1, 0.15) is 4.90 Å². The monoisotopic (exact) mass is 449 g/mol. The standard InChI is InChI=1S/C16H11ClF3N3O3S2/c17-10-3-6-12-13(7-10)28(25,26)23-15(22-12)27-8-14(24)21-11-4-1-9(2-5-11)16(18,19)20/h1-7H,8H2,(H,21,24)(H,22,23). The van der Waals surface area contributed by atoms with Gasteiger partial charge in [-0.3, -0.25) is 4.79 Å². The predicted molar refractivity (Wildman–Crippen MR) is 102 cm³/mol. The van der Waals surface area contributed by atoms with Gasteiger partial charge in [0.25, 0.3) is 10.0 Å². The van der Waals surface area contributed by atoms with E-state index in [1.54, 1.807) is 0 Å². The van der Waals surface area contributed by atoms with Gasteiger partial charge in [0.2, 0.25) is 5.91 Å². The number of alkyl halides is 3. The van der Waals surface area contributed by atoms with Crippen LogP contribution < -0.4 is 10.6 Å². The van der Waals surface area contributed by atoms with Gasteiger partial charge in [-0.15, -0.1) is 4.40 Å². The van der Waals surface area contributed by atoms with Crippen molar-refractivity contribution in [2.24, 2.45) is 4.40 Å². The Bertz CT molecular complexity index is 1060. The van der Waals surface area contributed by atoms with Gasteiger partial charge < -0.3 is 10.6 Å². The zero-order valence-electron chi connectivity index (χ0n) is 13.7. The van der Waals surface area contributed by atoms with Crippen molar-refractivity contribution in [2.75, 3.05) is 16.4 Å². The summed E-state index contributed by atoms with van der Waals surface area (Å²) in [5.74, 6) is -0.737. The number of nitrogens with one attached hydrogen (secondary N) is 2. The minimum atomic E-state index is -4.46. The van der Waals surface area contributed by atoms with Gasteiger partial charge in [0.05, 0.1) is 17.0 Å². The van der Waals surface area contributed by atoms with E-state index in [0.29, 0.717) is 0 Å². The zero-order valence-corrected chi connectivity index (χ0v) is 16.1. The molecule has 1 amide bonds. The molecule has 1 heterocycles. The molecule has 3 rings (SSSR count). The van der Waals surface area contributed by atoms with E-state index in [4.69, 9.17) is 11.6 Å². The van der Waals surface area contributed by atoms with Crippen LogP contribution in [0.2, 0.25) is 5.02 Å². The molecule has 28 heavy (non-hydrogen) atoms. The van der Waals surface area contributed by atoms with Crippen molar-refractivity contribution in [3.63, 3.8) is 0 Å². The zero-order chi connectivity index (χ0) is 20.5. The molecule has 0 saturated carbocycles. The Balaban J connectivity index is 1.62. The molecule has 0 aliphatic carbocycles. The Morgan fingerprint density at radius 1 is 1.18 bits per heavy atom. The number of hydrogen-bond donors (Lipinski definition) is 2. The normalized spacial score (nSPS) is 15.2. The average molecular weight is 450 g/mol. The van der Waals surface area contributed by atoms with Gasteiger partial charge in [0.15, 0.2) is 5.17 Å². The number of amidine groups is 1. The van der Waals surface area contributed by atoms with Crippen molar-refractivity contribution in [1.29, 1.82) is 0 Å². The summed E-state index contributed by atoms with van der Waals surface area (Å²) in [6.45, 7) is 0. The third-order valence-corrected chi connectivity index (χ3v) is 6.04. The van der Waals surface area contributed by atoms with Crippen molar-refractivity contribution in [3.05, 3.63) is 53.1 Å². The summed E-state index contributed by atoms with van der Waals surface area (Å²) < 4.78 is 65.6. The lowest BCUT2D eigenvalue weighted by molar-refractivity contribution is -0.137. The highest BCUT2D eigenvalue weighted by Crippen LogP contribution is 2.32. The minimum Gasteiger partial charge on any atom is -0.333 e. The molecule has 6 nitrogen and oxygen atoms in total.